The molecule has 0 spiro atoms. The van der Waals surface area contributed by atoms with Crippen LogP contribution in [-0.4, -0.2) is 12.6 Å². The Labute approximate surface area is 105 Å². The predicted octanol–water partition coefficient (Wildman–Crippen LogP) is 3.66. The van der Waals surface area contributed by atoms with Gasteiger partial charge in [0, 0.05) is 12.6 Å². The Morgan fingerprint density at radius 3 is 3.12 bits per heavy atom. The van der Waals surface area contributed by atoms with Crippen LogP contribution in [-0.2, 0) is 6.42 Å². The summed E-state index contributed by atoms with van der Waals surface area (Å²) in [6.07, 6.45) is 6.96. The average Bonchev–Trinajstić information content (AvgIpc) is 2.36. The van der Waals surface area contributed by atoms with Crippen LogP contribution in [0.2, 0.25) is 0 Å². The van der Waals surface area contributed by atoms with Gasteiger partial charge >= 0.3 is 0 Å². The summed E-state index contributed by atoms with van der Waals surface area (Å²) in [5.41, 5.74) is 3.12. The highest BCUT2D eigenvalue weighted by Crippen LogP contribution is 2.30. The summed E-state index contributed by atoms with van der Waals surface area (Å²) in [5, 5.41) is 3.62. The van der Waals surface area contributed by atoms with Crippen molar-refractivity contribution < 1.29 is 0 Å². The van der Waals surface area contributed by atoms with Crippen molar-refractivity contribution in [1.82, 2.24) is 5.32 Å². The molecule has 1 aliphatic rings. The second-order valence-electron chi connectivity index (χ2n) is 5.12. The summed E-state index contributed by atoms with van der Waals surface area (Å²) in [6.45, 7) is 7.13. The molecule has 92 valence electrons. The number of hydrogen-bond acceptors (Lipinski definition) is 1. The smallest absolute Gasteiger partial charge is 0.00733 e. The zero-order chi connectivity index (χ0) is 12.1. The van der Waals surface area contributed by atoms with Crippen molar-refractivity contribution in [3.63, 3.8) is 0 Å². The van der Waals surface area contributed by atoms with Gasteiger partial charge < -0.3 is 5.32 Å². The molecule has 0 aliphatic heterocycles. The summed E-state index contributed by atoms with van der Waals surface area (Å²) >= 11 is 0. The standard InChI is InChI=1S/C16H23N/c1-3-7-13(2)17-12-15-10-6-9-14-8-4-5-11-16(14)15/h3-5,8,11,13,15,17H,1,6-7,9-10,12H2,2H3. The van der Waals surface area contributed by atoms with Gasteiger partial charge in [-0.3, -0.25) is 0 Å². The molecule has 1 heteroatoms. The largest absolute Gasteiger partial charge is 0.313 e. The van der Waals surface area contributed by atoms with Gasteiger partial charge in [0.25, 0.3) is 0 Å². The third-order valence-electron chi connectivity index (χ3n) is 3.73. The third kappa shape index (κ3) is 3.19. The van der Waals surface area contributed by atoms with Gasteiger partial charge in [-0.25, -0.2) is 0 Å². The monoisotopic (exact) mass is 229 g/mol. The first-order valence-electron chi connectivity index (χ1n) is 6.73. The van der Waals surface area contributed by atoms with Gasteiger partial charge in [0.1, 0.15) is 0 Å². The lowest BCUT2D eigenvalue weighted by atomic mass is 9.83. The number of rotatable bonds is 5. The number of hydrogen-bond donors (Lipinski definition) is 1. The minimum Gasteiger partial charge on any atom is -0.313 e. The predicted molar refractivity (Wildman–Crippen MR) is 74.4 cm³/mol. The second kappa shape index (κ2) is 6.02. The van der Waals surface area contributed by atoms with E-state index in [4.69, 9.17) is 0 Å². The van der Waals surface area contributed by atoms with Crippen LogP contribution < -0.4 is 5.32 Å². The lowest BCUT2D eigenvalue weighted by molar-refractivity contribution is 0.467. The molecule has 2 unspecified atom stereocenters. The Balaban J connectivity index is 1.96. The molecule has 0 aromatic heterocycles. The number of benzene rings is 1. The fourth-order valence-electron chi connectivity index (χ4n) is 2.74. The van der Waals surface area contributed by atoms with Crippen molar-refractivity contribution in [2.24, 2.45) is 0 Å². The molecule has 0 heterocycles. The normalized spacial score (nSPS) is 20.6. The van der Waals surface area contributed by atoms with Crippen LogP contribution in [0, 0.1) is 0 Å². The van der Waals surface area contributed by atoms with Crippen molar-refractivity contribution in [3.05, 3.63) is 48.0 Å². The molecule has 2 rings (SSSR count). The molecule has 1 nitrogen and oxygen atoms in total. The van der Waals surface area contributed by atoms with Crippen molar-refractivity contribution in [1.29, 1.82) is 0 Å². The molecule has 1 aliphatic carbocycles. The molecule has 0 amide bonds. The van der Waals surface area contributed by atoms with E-state index < -0.39 is 0 Å². The van der Waals surface area contributed by atoms with E-state index in [1.165, 1.54) is 19.3 Å². The Morgan fingerprint density at radius 2 is 2.29 bits per heavy atom. The second-order valence-corrected chi connectivity index (χ2v) is 5.12. The maximum atomic E-state index is 3.79. The topological polar surface area (TPSA) is 12.0 Å². The van der Waals surface area contributed by atoms with E-state index in [9.17, 15) is 0 Å². The van der Waals surface area contributed by atoms with Crippen molar-refractivity contribution in [3.8, 4) is 0 Å². The van der Waals surface area contributed by atoms with Gasteiger partial charge in [-0.05, 0) is 49.7 Å². The maximum Gasteiger partial charge on any atom is 0.00733 e. The van der Waals surface area contributed by atoms with E-state index >= 15 is 0 Å². The molecule has 0 bridgehead atoms. The van der Waals surface area contributed by atoms with Crippen LogP contribution in [0.3, 0.4) is 0 Å². The molecular weight excluding hydrogens is 206 g/mol. The van der Waals surface area contributed by atoms with E-state index in [0.717, 1.165) is 13.0 Å². The minimum atomic E-state index is 0.543. The lowest BCUT2D eigenvalue weighted by Crippen LogP contribution is -2.31. The molecule has 1 aromatic carbocycles. The van der Waals surface area contributed by atoms with E-state index in [1.807, 2.05) is 6.08 Å². The van der Waals surface area contributed by atoms with Crippen LogP contribution in [0.25, 0.3) is 0 Å². The van der Waals surface area contributed by atoms with Crippen LogP contribution in [0.4, 0.5) is 0 Å². The lowest BCUT2D eigenvalue weighted by Gasteiger charge is -2.27. The van der Waals surface area contributed by atoms with Gasteiger partial charge in [0.15, 0.2) is 0 Å². The Kier molecular flexibility index (Phi) is 4.38. The molecule has 1 N–H and O–H groups in total. The zero-order valence-electron chi connectivity index (χ0n) is 10.8. The first kappa shape index (κ1) is 12.4. The highest BCUT2D eigenvalue weighted by Gasteiger charge is 2.19. The fourth-order valence-corrected chi connectivity index (χ4v) is 2.74. The molecule has 2 atom stereocenters. The molecule has 0 saturated heterocycles. The molecule has 0 fully saturated rings. The molecule has 0 radical (unpaired) electrons. The summed E-state index contributed by atoms with van der Waals surface area (Å²) in [4.78, 5) is 0. The first-order chi connectivity index (χ1) is 8.31. The molecule has 1 aromatic rings. The van der Waals surface area contributed by atoms with Crippen molar-refractivity contribution >= 4 is 0 Å². The van der Waals surface area contributed by atoms with Crippen LogP contribution in [0.15, 0.2) is 36.9 Å². The average molecular weight is 229 g/mol. The maximum absolute atomic E-state index is 3.79. The SMILES string of the molecule is C=CCC(C)NCC1CCCc2ccccc21. The van der Waals surface area contributed by atoms with Gasteiger partial charge in [0.2, 0.25) is 0 Å². The summed E-state index contributed by atoms with van der Waals surface area (Å²) in [7, 11) is 0. The highest BCUT2D eigenvalue weighted by atomic mass is 14.9. The van der Waals surface area contributed by atoms with Crippen molar-refractivity contribution in [2.75, 3.05) is 6.54 Å². The van der Waals surface area contributed by atoms with E-state index in [2.05, 4.69) is 43.1 Å². The molecule has 17 heavy (non-hydrogen) atoms. The Morgan fingerprint density at radius 1 is 1.47 bits per heavy atom. The Hall–Kier alpha value is -1.08. The van der Waals surface area contributed by atoms with Gasteiger partial charge in [0.05, 0.1) is 0 Å². The molecular formula is C16H23N. The van der Waals surface area contributed by atoms with Crippen LogP contribution >= 0.6 is 0 Å². The molecule has 0 saturated carbocycles. The van der Waals surface area contributed by atoms with Gasteiger partial charge in [-0.1, -0.05) is 30.3 Å². The number of nitrogens with one attached hydrogen (secondary N) is 1. The van der Waals surface area contributed by atoms with E-state index in [-0.39, 0.29) is 0 Å². The number of fused-ring (bicyclic) bond motifs is 1. The van der Waals surface area contributed by atoms with Crippen molar-refractivity contribution in [2.45, 2.75) is 44.6 Å². The van der Waals surface area contributed by atoms with E-state index in [1.54, 1.807) is 11.1 Å². The van der Waals surface area contributed by atoms with Crippen LogP contribution in [0.5, 0.6) is 0 Å². The van der Waals surface area contributed by atoms with Gasteiger partial charge in [-0.15, -0.1) is 6.58 Å². The third-order valence-corrected chi connectivity index (χ3v) is 3.73. The Bertz CT molecular complexity index is 370. The van der Waals surface area contributed by atoms with Gasteiger partial charge in [-0.2, -0.15) is 0 Å². The minimum absolute atomic E-state index is 0.543. The number of aryl methyl sites for hydroxylation is 1. The summed E-state index contributed by atoms with van der Waals surface area (Å²) in [6, 6.07) is 9.47. The zero-order valence-corrected chi connectivity index (χ0v) is 10.8. The summed E-state index contributed by atoms with van der Waals surface area (Å²) in [5.74, 6) is 0.701. The summed E-state index contributed by atoms with van der Waals surface area (Å²) < 4.78 is 0. The highest BCUT2D eigenvalue weighted by molar-refractivity contribution is 5.32. The fraction of sp³-hybridized carbons (Fsp3) is 0.500. The van der Waals surface area contributed by atoms with Crippen LogP contribution in [0.1, 0.15) is 43.2 Å². The quantitative estimate of drug-likeness (QED) is 0.760. The van der Waals surface area contributed by atoms with E-state index in [0.29, 0.717) is 12.0 Å². The first-order valence-corrected chi connectivity index (χ1v) is 6.73.